The number of hydrogen-bond acceptors (Lipinski definition) is 8. The lowest BCUT2D eigenvalue weighted by molar-refractivity contribution is -0.159. The highest BCUT2D eigenvalue weighted by Gasteiger charge is 2.63. The van der Waals surface area contributed by atoms with Crippen molar-refractivity contribution in [2.24, 2.45) is 10.4 Å². The van der Waals surface area contributed by atoms with Crippen LogP contribution in [0.3, 0.4) is 0 Å². The van der Waals surface area contributed by atoms with Gasteiger partial charge in [0.25, 0.3) is 5.56 Å². The van der Waals surface area contributed by atoms with E-state index in [-0.39, 0.29) is 28.7 Å². The van der Waals surface area contributed by atoms with Crippen LogP contribution in [0.2, 0.25) is 0 Å². The minimum atomic E-state index is -1.40. The third-order valence-corrected chi connectivity index (χ3v) is 8.22. The van der Waals surface area contributed by atoms with Gasteiger partial charge in [-0.1, -0.05) is 13.3 Å². The van der Waals surface area contributed by atoms with Crippen LogP contribution in [0.25, 0.3) is 0 Å². The molecule has 12 heteroatoms. The van der Waals surface area contributed by atoms with Crippen molar-refractivity contribution in [3.63, 3.8) is 0 Å². The lowest BCUT2D eigenvalue weighted by Gasteiger charge is -2.50. The number of benzene rings is 1. The van der Waals surface area contributed by atoms with Gasteiger partial charge >= 0.3 is 6.03 Å². The van der Waals surface area contributed by atoms with Gasteiger partial charge in [0.05, 0.1) is 11.7 Å². The number of nitrogens with zero attached hydrogens (tertiary/aromatic N) is 5. The smallest absolute Gasteiger partial charge is 0.332 e. The van der Waals surface area contributed by atoms with Crippen LogP contribution in [-0.2, 0) is 22.6 Å². The van der Waals surface area contributed by atoms with E-state index in [4.69, 9.17) is 12.2 Å². The Morgan fingerprint density at radius 3 is 2.58 bits per heavy atom. The summed E-state index contributed by atoms with van der Waals surface area (Å²) in [4.78, 5) is 63.3. The Bertz CT molecular complexity index is 1470. The van der Waals surface area contributed by atoms with Gasteiger partial charge in [-0.2, -0.15) is 0 Å². The van der Waals surface area contributed by atoms with Crippen molar-refractivity contribution >= 4 is 47.7 Å². The molecule has 0 saturated carbocycles. The zero-order valence-corrected chi connectivity index (χ0v) is 22.4. The molecule has 1 aromatic heterocycles. The maximum Gasteiger partial charge on any atom is 0.332 e. The van der Waals surface area contributed by atoms with Crippen molar-refractivity contribution in [3.05, 3.63) is 44.5 Å². The molecular formula is C26H30N6O5S. The van der Waals surface area contributed by atoms with E-state index in [0.29, 0.717) is 25.2 Å². The predicted molar refractivity (Wildman–Crippen MR) is 144 cm³/mol. The summed E-state index contributed by atoms with van der Waals surface area (Å²) in [6.07, 6.45) is 4.60. The second-order valence-electron chi connectivity index (χ2n) is 10.1. The number of hydrogen-bond donors (Lipinski definition) is 2. The quantitative estimate of drug-likeness (QED) is 0.340. The third-order valence-electron chi connectivity index (χ3n) is 7.89. The van der Waals surface area contributed by atoms with Gasteiger partial charge in [-0.05, 0) is 61.7 Å². The van der Waals surface area contributed by atoms with Crippen LogP contribution in [0.5, 0.6) is 5.88 Å². The lowest BCUT2D eigenvalue weighted by Crippen LogP contribution is -2.70. The van der Waals surface area contributed by atoms with Gasteiger partial charge in [0.1, 0.15) is 5.56 Å². The third kappa shape index (κ3) is 3.77. The van der Waals surface area contributed by atoms with Gasteiger partial charge in [-0.3, -0.25) is 38.7 Å². The number of nitrogens with one attached hydrogen (secondary N) is 1. The summed E-state index contributed by atoms with van der Waals surface area (Å²) >= 11 is 5.20. The molecule has 3 aliphatic rings. The number of imide groups is 2. The zero-order valence-electron chi connectivity index (χ0n) is 21.6. The number of amides is 4. The molecule has 2 saturated heterocycles. The van der Waals surface area contributed by atoms with Crippen LogP contribution >= 0.6 is 12.2 Å². The highest BCUT2D eigenvalue weighted by atomic mass is 32.1. The first-order valence-electron chi connectivity index (χ1n) is 12.7. The van der Waals surface area contributed by atoms with Gasteiger partial charge in [0, 0.05) is 39.1 Å². The number of aliphatic imine (C=N–C) groups is 1. The molecule has 2 N–H and O–H groups in total. The van der Waals surface area contributed by atoms with Gasteiger partial charge in [-0.25, -0.2) is 4.79 Å². The van der Waals surface area contributed by atoms with E-state index < -0.39 is 28.8 Å². The summed E-state index contributed by atoms with van der Waals surface area (Å²) in [6.45, 7) is 3.17. The normalized spacial score (nSPS) is 20.6. The second kappa shape index (κ2) is 9.50. The molecule has 11 nitrogen and oxygen atoms in total. The Hall–Kier alpha value is -3.80. The van der Waals surface area contributed by atoms with Crippen LogP contribution in [0.15, 0.2) is 28.0 Å². The minimum absolute atomic E-state index is 0.0112. The van der Waals surface area contributed by atoms with Crippen LogP contribution in [0, 0.1) is 10.2 Å². The zero-order chi connectivity index (χ0) is 27.4. The number of urea groups is 1. The van der Waals surface area contributed by atoms with E-state index in [1.807, 2.05) is 13.0 Å². The Balaban J connectivity index is 1.54. The number of unbranched alkanes of at least 4 members (excludes halogenated alkanes) is 1. The van der Waals surface area contributed by atoms with Crippen molar-refractivity contribution < 1.29 is 19.5 Å². The minimum Gasteiger partial charge on any atom is -0.494 e. The van der Waals surface area contributed by atoms with E-state index in [1.165, 1.54) is 24.9 Å². The molecule has 5 rings (SSSR count). The number of aromatic amines is 1. The van der Waals surface area contributed by atoms with Crippen LogP contribution in [0.1, 0.15) is 43.7 Å². The summed E-state index contributed by atoms with van der Waals surface area (Å²) in [7, 11) is 2.82. The number of H-pyrrole nitrogens is 1. The molecule has 1 spiro atoms. The monoisotopic (exact) mass is 538 g/mol. The molecule has 0 aliphatic carbocycles. The number of fused-ring (bicyclic) bond motifs is 4. The predicted octanol–water partition coefficient (Wildman–Crippen LogP) is 2.72. The summed E-state index contributed by atoms with van der Waals surface area (Å²) in [5, 5.41) is 10.7. The number of rotatable bonds is 5. The van der Waals surface area contributed by atoms with Gasteiger partial charge < -0.3 is 10.0 Å². The van der Waals surface area contributed by atoms with Crippen molar-refractivity contribution in [3.8, 4) is 5.88 Å². The Kier molecular flexibility index (Phi) is 6.46. The summed E-state index contributed by atoms with van der Waals surface area (Å²) < 4.78 is 1.62. The van der Waals surface area contributed by atoms with Crippen LogP contribution in [-0.4, -0.2) is 75.2 Å². The molecule has 0 bridgehead atoms. The topological polar surface area (TPSA) is 131 Å². The highest BCUT2D eigenvalue weighted by Crippen LogP contribution is 2.49. The highest BCUT2D eigenvalue weighted by molar-refractivity contribution is 7.71. The molecule has 3 aliphatic heterocycles. The average molecular weight is 539 g/mol. The van der Waals surface area contributed by atoms with Crippen LogP contribution in [0.4, 0.5) is 16.2 Å². The first-order valence-corrected chi connectivity index (χ1v) is 13.1. The van der Waals surface area contributed by atoms with Gasteiger partial charge in [0.2, 0.25) is 17.7 Å². The molecule has 38 heavy (non-hydrogen) atoms. The van der Waals surface area contributed by atoms with E-state index in [0.717, 1.165) is 40.3 Å². The van der Waals surface area contributed by atoms with Crippen molar-refractivity contribution in [1.82, 2.24) is 19.4 Å². The molecule has 1 unspecified atom stereocenters. The standard InChI is InChI=1S/C26H30N6O5S/c1-4-5-10-32-21(34)17(20(33)28-24(32)38)14-27-16-8-9-18-15(12-16)13-26(19-7-6-11-31(18)19)22(35)29(2)25(37)30(3)23(26)36/h8-9,12,14,19,34H,4-7,10-11,13H2,1-3H3,(H,28,33,38). The Morgan fingerprint density at radius 1 is 1.18 bits per heavy atom. The van der Waals surface area contributed by atoms with E-state index in [1.54, 1.807) is 12.1 Å². The largest absolute Gasteiger partial charge is 0.494 e. The molecule has 0 radical (unpaired) electrons. The number of barbiturate groups is 1. The van der Waals surface area contributed by atoms with Gasteiger partial charge in [0.15, 0.2) is 10.2 Å². The average Bonchev–Trinajstić information content (AvgIpc) is 3.40. The summed E-state index contributed by atoms with van der Waals surface area (Å²) in [5.41, 5.74) is 0.216. The molecule has 200 valence electrons. The van der Waals surface area contributed by atoms with Crippen molar-refractivity contribution in [1.29, 1.82) is 0 Å². The summed E-state index contributed by atoms with van der Waals surface area (Å²) in [5.74, 6) is -1.22. The maximum absolute atomic E-state index is 13.6. The molecule has 4 amide bonds. The van der Waals surface area contributed by atoms with E-state index in [9.17, 15) is 24.3 Å². The fourth-order valence-corrected chi connectivity index (χ4v) is 6.21. The van der Waals surface area contributed by atoms with Crippen LogP contribution < -0.4 is 10.5 Å². The number of anilines is 1. The fraction of sp³-hybridized carbons (Fsp3) is 0.462. The first kappa shape index (κ1) is 25.8. The maximum atomic E-state index is 13.6. The Morgan fingerprint density at radius 2 is 1.89 bits per heavy atom. The number of aromatic nitrogens is 2. The molecule has 1 atom stereocenters. The molecule has 2 aromatic rings. The summed E-state index contributed by atoms with van der Waals surface area (Å²) in [6, 6.07) is 4.52. The molecule has 2 fully saturated rings. The van der Waals surface area contributed by atoms with Crippen molar-refractivity contribution in [2.75, 3.05) is 25.5 Å². The second-order valence-corrected chi connectivity index (χ2v) is 10.5. The lowest BCUT2D eigenvalue weighted by atomic mass is 9.68. The first-order chi connectivity index (χ1) is 18.1. The SMILES string of the molecule is CCCCn1c(O)c(C=Nc2ccc3c(c2)CC2(C(=O)N(C)C(=O)N(C)C2=O)C2CCCN32)c(=O)[nH]c1=S. The number of carbonyl (C=O) groups is 3. The molecule has 4 heterocycles. The van der Waals surface area contributed by atoms with E-state index in [2.05, 4.69) is 14.9 Å². The van der Waals surface area contributed by atoms with Gasteiger partial charge in [-0.15, -0.1) is 0 Å². The number of carbonyl (C=O) groups excluding carboxylic acids is 3. The van der Waals surface area contributed by atoms with Crippen molar-refractivity contribution in [2.45, 2.75) is 51.6 Å². The number of aromatic hydroxyl groups is 1. The Labute approximate surface area is 224 Å². The van der Waals surface area contributed by atoms with E-state index >= 15 is 0 Å². The fourth-order valence-electron chi connectivity index (χ4n) is 5.94. The molecular weight excluding hydrogens is 508 g/mol. The molecule has 1 aromatic carbocycles.